The highest BCUT2D eigenvalue weighted by atomic mass is 32.1. The average molecular weight is 356 g/mol. The number of piperidine rings is 1. The Labute approximate surface area is 152 Å². The van der Waals surface area contributed by atoms with E-state index < -0.39 is 0 Å². The fraction of sp³-hybridized carbons (Fsp3) is 0.400. The average Bonchev–Trinajstić information content (AvgIpc) is 3.17. The summed E-state index contributed by atoms with van der Waals surface area (Å²) in [6.45, 7) is 2.96. The second kappa shape index (κ2) is 8.92. The third-order valence-corrected chi connectivity index (χ3v) is 5.49. The van der Waals surface area contributed by atoms with Crippen LogP contribution in [0.1, 0.15) is 40.9 Å². The number of carbonyl (C=O) groups excluding carboxylic acids is 2. The molecule has 0 aliphatic carbocycles. The first-order valence-corrected chi connectivity index (χ1v) is 9.71. The Morgan fingerprint density at radius 1 is 1.04 bits per heavy atom. The van der Waals surface area contributed by atoms with Crippen LogP contribution in [0.2, 0.25) is 0 Å². The Kier molecular flexibility index (Phi) is 6.36. The molecule has 1 aliphatic rings. The maximum absolute atomic E-state index is 12.1. The molecule has 0 atom stereocenters. The molecule has 132 valence electrons. The van der Waals surface area contributed by atoms with Crippen molar-refractivity contribution in [2.75, 3.05) is 13.1 Å². The number of likely N-dealkylation sites (tertiary alicyclic amines) is 1. The minimum atomic E-state index is -0.00795. The maximum atomic E-state index is 12.1. The van der Waals surface area contributed by atoms with Crippen molar-refractivity contribution in [2.45, 2.75) is 38.3 Å². The van der Waals surface area contributed by atoms with Gasteiger partial charge in [0.25, 0.3) is 0 Å². The van der Waals surface area contributed by atoms with E-state index in [9.17, 15) is 9.59 Å². The van der Waals surface area contributed by atoms with Gasteiger partial charge in [0.2, 0.25) is 5.91 Å². The molecule has 1 fully saturated rings. The van der Waals surface area contributed by atoms with Crippen LogP contribution in [0.3, 0.4) is 0 Å². The summed E-state index contributed by atoms with van der Waals surface area (Å²) in [5.74, 6) is 0.0502. The Bertz CT molecular complexity index is 677. The Hall–Kier alpha value is -1.98. The van der Waals surface area contributed by atoms with Crippen molar-refractivity contribution in [2.24, 2.45) is 0 Å². The summed E-state index contributed by atoms with van der Waals surface area (Å²) in [5, 5.41) is 4.97. The van der Waals surface area contributed by atoms with Crippen LogP contribution in [0.5, 0.6) is 0 Å². The molecule has 1 aromatic carbocycles. The van der Waals surface area contributed by atoms with Gasteiger partial charge >= 0.3 is 0 Å². The van der Waals surface area contributed by atoms with Crippen molar-refractivity contribution in [3.63, 3.8) is 0 Å². The highest BCUT2D eigenvalue weighted by Crippen LogP contribution is 2.15. The van der Waals surface area contributed by atoms with Gasteiger partial charge in [0, 0.05) is 38.5 Å². The quantitative estimate of drug-likeness (QED) is 0.773. The van der Waals surface area contributed by atoms with Crippen LogP contribution in [0.25, 0.3) is 0 Å². The first-order chi connectivity index (χ1) is 12.2. The summed E-state index contributed by atoms with van der Waals surface area (Å²) in [4.78, 5) is 27.2. The predicted octanol–water partition coefficient (Wildman–Crippen LogP) is 3.49. The zero-order valence-corrected chi connectivity index (χ0v) is 15.1. The molecule has 3 rings (SSSR count). The monoisotopic (exact) mass is 356 g/mol. The first kappa shape index (κ1) is 17.8. The number of ketones is 1. The van der Waals surface area contributed by atoms with E-state index in [1.165, 1.54) is 16.9 Å². The molecule has 1 aromatic heterocycles. The number of nitrogens with zero attached hydrogens (tertiary/aromatic N) is 1. The van der Waals surface area contributed by atoms with Crippen LogP contribution in [-0.4, -0.2) is 35.7 Å². The normalized spacial score (nSPS) is 15.8. The number of hydrogen-bond acceptors (Lipinski definition) is 4. The number of rotatable bonds is 7. The second-order valence-electron chi connectivity index (χ2n) is 6.50. The maximum Gasteiger partial charge on any atom is 0.220 e. The molecule has 0 radical (unpaired) electrons. The van der Waals surface area contributed by atoms with Crippen LogP contribution >= 0.6 is 11.3 Å². The van der Waals surface area contributed by atoms with Crippen molar-refractivity contribution in [3.05, 3.63) is 58.3 Å². The zero-order chi connectivity index (χ0) is 17.5. The molecular weight excluding hydrogens is 332 g/mol. The molecular formula is C20H24N2O2S. The standard InChI is InChI=1S/C20H24N2O2S/c23-18(19-7-4-14-25-19)8-9-20(24)21-17-10-12-22(13-11-17)15-16-5-2-1-3-6-16/h1-7,14,17H,8-13,15H2,(H,21,24). The summed E-state index contributed by atoms with van der Waals surface area (Å²) >= 11 is 1.43. The van der Waals surface area contributed by atoms with Crippen molar-refractivity contribution in [1.82, 2.24) is 10.2 Å². The molecule has 2 aromatic rings. The predicted molar refractivity (Wildman–Crippen MR) is 101 cm³/mol. The van der Waals surface area contributed by atoms with Crippen LogP contribution in [0, 0.1) is 0 Å². The van der Waals surface area contributed by atoms with Crippen LogP contribution in [0.15, 0.2) is 47.8 Å². The molecule has 1 amide bonds. The topological polar surface area (TPSA) is 49.4 Å². The van der Waals surface area contributed by atoms with Crippen molar-refractivity contribution in [3.8, 4) is 0 Å². The van der Waals surface area contributed by atoms with Gasteiger partial charge in [0.05, 0.1) is 4.88 Å². The molecule has 5 heteroatoms. The smallest absolute Gasteiger partial charge is 0.220 e. The van der Waals surface area contributed by atoms with E-state index in [1.807, 2.05) is 23.6 Å². The first-order valence-electron chi connectivity index (χ1n) is 8.83. The fourth-order valence-corrected chi connectivity index (χ4v) is 3.86. The van der Waals surface area contributed by atoms with Gasteiger partial charge in [0.15, 0.2) is 5.78 Å². The number of benzene rings is 1. The van der Waals surface area contributed by atoms with E-state index in [4.69, 9.17) is 0 Å². The van der Waals surface area contributed by atoms with Gasteiger partial charge in [-0.1, -0.05) is 36.4 Å². The molecule has 2 heterocycles. The fourth-order valence-electron chi connectivity index (χ4n) is 3.16. The lowest BCUT2D eigenvalue weighted by atomic mass is 10.0. The number of carbonyl (C=O) groups is 2. The molecule has 25 heavy (non-hydrogen) atoms. The third kappa shape index (κ3) is 5.51. The van der Waals surface area contributed by atoms with Crippen molar-refractivity contribution >= 4 is 23.0 Å². The number of Topliss-reactive ketones (excluding diaryl/α,β-unsaturated/α-hetero) is 1. The Morgan fingerprint density at radius 2 is 1.80 bits per heavy atom. The van der Waals surface area contributed by atoms with Gasteiger partial charge < -0.3 is 5.32 Å². The van der Waals surface area contributed by atoms with E-state index in [2.05, 4.69) is 34.5 Å². The van der Waals surface area contributed by atoms with Gasteiger partial charge in [0.1, 0.15) is 0 Å². The largest absolute Gasteiger partial charge is 0.353 e. The molecule has 4 nitrogen and oxygen atoms in total. The SMILES string of the molecule is O=C(CCC(=O)c1cccs1)NC1CCN(Cc2ccccc2)CC1. The van der Waals surface area contributed by atoms with E-state index in [0.717, 1.165) is 37.4 Å². The number of thiophene rings is 1. The zero-order valence-electron chi connectivity index (χ0n) is 14.3. The van der Waals surface area contributed by atoms with Gasteiger partial charge in [-0.3, -0.25) is 14.5 Å². The highest BCUT2D eigenvalue weighted by molar-refractivity contribution is 7.12. The molecule has 0 bridgehead atoms. The number of nitrogens with one attached hydrogen (secondary N) is 1. The molecule has 1 N–H and O–H groups in total. The van der Waals surface area contributed by atoms with Gasteiger partial charge in [-0.2, -0.15) is 0 Å². The van der Waals surface area contributed by atoms with Crippen molar-refractivity contribution < 1.29 is 9.59 Å². The third-order valence-electron chi connectivity index (χ3n) is 4.58. The lowest BCUT2D eigenvalue weighted by molar-refractivity contribution is -0.122. The summed E-state index contributed by atoms with van der Waals surface area (Å²) in [6, 6.07) is 14.4. The van der Waals surface area contributed by atoms with E-state index in [0.29, 0.717) is 6.42 Å². The summed E-state index contributed by atoms with van der Waals surface area (Å²) in [7, 11) is 0. The second-order valence-corrected chi connectivity index (χ2v) is 7.45. The summed E-state index contributed by atoms with van der Waals surface area (Å²) < 4.78 is 0. The Morgan fingerprint density at radius 3 is 2.48 bits per heavy atom. The highest BCUT2D eigenvalue weighted by Gasteiger charge is 2.21. The summed E-state index contributed by atoms with van der Waals surface area (Å²) in [6.07, 6.45) is 2.51. The van der Waals surface area contributed by atoms with Gasteiger partial charge in [-0.25, -0.2) is 0 Å². The van der Waals surface area contributed by atoms with Gasteiger partial charge in [-0.15, -0.1) is 11.3 Å². The Balaban J connectivity index is 1.35. The minimum absolute atomic E-state index is 0.00795. The van der Waals surface area contributed by atoms with Crippen LogP contribution in [-0.2, 0) is 11.3 Å². The van der Waals surface area contributed by atoms with E-state index >= 15 is 0 Å². The number of amides is 1. The number of hydrogen-bond donors (Lipinski definition) is 1. The lowest BCUT2D eigenvalue weighted by Crippen LogP contribution is -2.44. The lowest BCUT2D eigenvalue weighted by Gasteiger charge is -2.32. The van der Waals surface area contributed by atoms with Crippen molar-refractivity contribution in [1.29, 1.82) is 0 Å². The molecule has 1 saturated heterocycles. The molecule has 0 saturated carbocycles. The molecule has 0 spiro atoms. The minimum Gasteiger partial charge on any atom is -0.353 e. The van der Waals surface area contributed by atoms with E-state index in [-0.39, 0.29) is 24.2 Å². The summed E-state index contributed by atoms with van der Waals surface area (Å²) in [5.41, 5.74) is 1.33. The van der Waals surface area contributed by atoms with Crippen LogP contribution in [0.4, 0.5) is 0 Å². The van der Waals surface area contributed by atoms with Crippen LogP contribution < -0.4 is 5.32 Å². The van der Waals surface area contributed by atoms with Gasteiger partial charge in [-0.05, 0) is 29.9 Å². The van der Waals surface area contributed by atoms with E-state index in [1.54, 1.807) is 0 Å². The molecule has 0 unspecified atom stereocenters. The molecule has 1 aliphatic heterocycles.